The number of nitrogens with one attached hydrogen (secondary N) is 1. The number of carbonyl (C=O) groups is 2. The van der Waals surface area contributed by atoms with Gasteiger partial charge in [0, 0.05) is 17.7 Å². The Morgan fingerprint density at radius 1 is 0.889 bits per heavy atom. The molecule has 6 heteroatoms. The molecule has 0 unspecified atom stereocenters. The van der Waals surface area contributed by atoms with E-state index in [-0.39, 0.29) is 18.4 Å². The summed E-state index contributed by atoms with van der Waals surface area (Å²) in [5.74, 6) is 0.151. The highest BCUT2D eigenvalue weighted by Gasteiger charge is 2.23. The molecule has 0 aliphatic carbocycles. The van der Waals surface area contributed by atoms with Crippen molar-refractivity contribution in [3.05, 3.63) is 101 Å². The van der Waals surface area contributed by atoms with E-state index in [9.17, 15) is 9.59 Å². The number of hydrogen-bond donors (Lipinski definition) is 1. The molecule has 0 aliphatic rings. The molecule has 4 rings (SSSR count). The number of amides is 2. The third-order valence-electron chi connectivity index (χ3n) is 6.34. The lowest BCUT2D eigenvalue weighted by Gasteiger charge is -2.21. The number of aryl methyl sites for hydroxylation is 3. The van der Waals surface area contributed by atoms with Gasteiger partial charge in [-0.1, -0.05) is 67.6 Å². The molecule has 0 bridgehead atoms. The molecule has 4 aromatic rings. The molecule has 3 aromatic carbocycles. The summed E-state index contributed by atoms with van der Waals surface area (Å²) in [6, 6.07) is 25.4. The fraction of sp³-hybridized carbons (Fsp3) is 0.233. The average Bonchev–Trinajstić information content (AvgIpc) is 3.22. The Morgan fingerprint density at radius 3 is 2.19 bits per heavy atom. The van der Waals surface area contributed by atoms with Gasteiger partial charge in [0.2, 0.25) is 5.91 Å². The fourth-order valence-corrected chi connectivity index (χ4v) is 4.31. The summed E-state index contributed by atoms with van der Waals surface area (Å²) in [5, 5.41) is 7.87. The van der Waals surface area contributed by atoms with Crippen LogP contribution in [0.15, 0.2) is 78.9 Å². The van der Waals surface area contributed by atoms with Crippen molar-refractivity contribution in [3.8, 4) is 16.8 Å². The monoisotopic (exact) mass is 480 g/mol. The van der Waals surface area contributed by atoms with Crippen LogP contribution >= 0.6 is 0 Å². The van der Waals surface area contributed by atoms with Crippen LogP contribution in [0.3, 0.4) is 0 Å². The van der Waals surface area contributed by atoms with Crippen molar-refractivity contribution in [2.45, 2.75) is 34.1 Å². The van der Waals surface area contributed by atoms with Gasteiger partial charge in [-0.25, -0.2) is 4.68 Å². The van der Waals surface area contributed by atoms with Crippen LogP contribution < -0.4 is 5.32 Å². The predicted molar refractivity (Wildman–Crippen MR) is 145 cm³/mol. The minimum Gasteiger partial charge on any atom is -0.330 e. The van der Waals surface area contributed by atoms with Crippen molar-refractivity contribution in [2.24, 2.45) is 0 Å². The Morgan fingerprint density at radius 2 is 1.56 bits per heavy atom. The summed E-state index contributed by atoms with van der Waals surface area (Å²) in [6.45, 7) is 8.27. The van der Waals surface area contributed by atoms with E-state index >= 15 is 0 Å². The van der Waals surface area contributed by atoms with Crippen molar-refractivity contribution < 1.29 is 9.59 Å². The molecule has 36 heavy (non-hydrogen) atoms. The molecule has 1 N–H and O–H groups in total. The van der Waals surface area contributed by atoms with Gasteiger partial charge in [0.05, 0.1) is 11.4 Å². The first-order valence-electron chi connectivity index (χ1n) is 12.3. The van der Waals surface area contributed by atoms with Crippen molar-refractivity contribution in [1.29, 1.82) is 0 Å². The van der Waals surface area contributed by atoms with E-state index in [1.54, 1.807) is 9.58 Å². The number of benzene rings is 3. The number of aromatic nitrogens is 2. The van der Waals surface area contributed by atoms with Gasteiger partial charge in [-0.2, -0.15) is 5.10 Å². The molecule has 0 spiro atoms. The maximum Gasteiger partial charge on any atom is 0.254 e. The summed E-state index contributed by atoms with van der Waals surface area (Å²) >= 11 is 0. The Hall–Kier alpha value is -4.19. The molecule has 184 valence electrons. The van der Waals surface area contributed by atoms with Crippen LogP contribution in [0.5, 0.6) is 0 Å². The topological polar surface area (TPSA) is 67.2 Å². The number of carbonyl (C=O) groups excluding carboxylic acids is 2. The minimum atomic E-state index is -0.276. The molecule has 0 atom stereocenters. The van der Waals surface area contributed by atoms with E-state index in [2.05, 4.69) is 12.2 Å². The third-order valence-corrected chi connectivity index (χ3v) is 6.34. The Bertz CT molecular complexity index is 1360. The molecule has 6 nitrogen and oxygen atoms in total. The zero-order valence-electron chi connectivity index (χ0n) is 21.3. The van der Waals surface area contributed by atoms with E-state index in [1.165, 1.54) is 5.56 Å². The van der Waals surface area contributed by atoms with Gasteiger partial charge in [0.25, 0.3) is 5.91 Å². The molecule has 0 saturated heterocycles. The van der Waals surface area contributed by atoms with Crippen molar-refractivity contribution in [1.82, 2.24) is 14.7 Å². The Balaban J connectivity index is 1.66. The zero-order valence-corrected chi connectivity index (χ0v) is 21.3. The number of hydrogen-bond acceptors (Lipinski definition) is 3. The van der Waals surface area contributed by atoms with Crippen molar-refractivity contribution in [3.63, 3.8) is 0 Å². The van der Waals surface area contributed by atoms with Crippen LogP contribution in [0.4, 0.5) is 5.82 Å². The van der Waals surface area contributed by atoms with Crippen LogP contribution in [0, 0.1) is 13.8 Å². The Labute approximate surface area is 212 Å². The lowest BCUT2D eigenvalue weighted by molar-refractivity contribution is -0.116. The molecule has 0 fully saturated rings. The first-order valence-corrected chi connectivity index (χ1v) is 12.3. The van der Waals surface area contributed by atoms with Crippen molar-refractivity contribution >= 4 is 17.6 Å². The third kappa shape index (κ3) is 5.23. The highest BCUT2D eigenvalue weighted by molar-refractivity contribution is 6.01. The van der Waals surface area contributed by atoms with E-state index < -0.39 is 0 Å². The number of nitrogens with zero attached hydrogens (tertiary/aromatic N) is 3. The quantitative estimate of drug-likeness (QED) is 0.346. The number of para-hydroxylation sites is 1. The predicted octanol–water partition coefficient (Wildman–Crippen LogP) is 5.82. The molecule has 0 radical (unpaired) electrons. The zero-order chi connectivity index (χ0) is 25.7. The largest absolute Gasteiger partial charge is 0.330 e. The fourth-order valence-electron chi connectivity index (χ4n) is 4.31. The van der Waals surface area contributed by atoms with E-state index in [1.807, 2.05) is 99.6 Å². The lowest BCUT2D eigenvalue weighted by atomic mass is 10.1. The van der Waals surface area contributed by atoms with Gasteiger partial charge < -0.3 is 10.2 Å². The van der Waals surface area contributed by atoms with Crippen LogP contribution in [-0.4, -0.2) is 39.6 Å². The Kier molecular flexibility index (Phi) is 7.64. The van der Waals surface area contributed by atoms with Crippen LogP contribution in [0.25, 0.3) is 16.8 Å². The van der Waals surface area contributed by atoms with Crippen LogP contribution in [-0.2, 0) is 11.2 Å². The summed E-state index contributed by atoms with van der Waals surface area (Å²) in [7, 11) is 0. The maximum absolute atomic E-state index is 13.3. The summed E-state index contributed by atoms with van der Waals surface area (Å²) in [4.78, 5) is 28.0. The van der Waals surface area contributed by atoms with Gasteiger partial charge in [0.1, 0.15) is 12.4 Å². The minimum absolute atomic E-state index is 0.0584. The number of rotatable bonds is 8. The summed E-state index contributed by atoms with van der Waals surface area (Å²) in [5.41, 5.74) is 6.29. The van der Waals surface area contributed by atoms with Gasteiger partial charge in [0.15, 0.2) is 0 Å². The second-order valence-electron chi connectivity index (χ2n) is 8.79. The first-order chi connectivity index (χ1) is 17.4. The molecule has 1 heterocycles. The normalized spacial score (nSPS) is 10.8. The number of anilines is 1. The first kappa shape index (κ1) is 24.9. The van der Waals surface area contributed by atoms with E-state index in [4.69, 9.17) is 5.10 Å². The van der Waals surface area contributed by atoms with Gasteiger partial charge in [-0.05, 0) is 62.1 Å². The van der Waals surface area contributed by atoms with E-state index in [0.29, 0.717) is 17.9 Å². The highest BCUT2D eigenvalue weighted by atomic mass is 16.2. The summed E-state index contributed by atoms with van der Waals surface area (Å²) < 4.78 is 1.78. The van der Waals surface area contributed by atoms with Gasteiger partial charge in [-0.15, -0.1) is 0 Å². The second-order valence-corrected chi connectivity index (χ2v) is 8.79. The molecule has 1 aromatic heterocycles. The van der Waals surface area contributed by atoms with Crippen LogP contribution in [0.2, 0.25) is 0 Å². The summed E-state index contributed by atoms with van der Waals surface area (Å²) in [6.07, 6.45) is 0.909. The van der Waals surface area contributed by atoms with E-state index in [0.717, 1.165) is 34.5 Å². The lowest BCUT2D eigenvalue weighted by Crippen LogP contribution is -2.38. The number of likely N-dealkylation sites (N-methyl/N-ethyl adjacent to an activating group) is 1. The van der Waals surface area contributed by atoms with Gasteiger partial charge in [-0.3, -0.25) is 9.59 Å². The van der Waals surface area contributed by atoms with Crippen LogP contribution in [0.1, 0.15) is 41.0 Å². The second kappa shape index (κ2) is 11.0. The standard InChI is InChI=1S/C30H32N4O2/c1-5-23-16-18-25(19-17-23)30(36)33(6-2)20-27(35)31-29-28(24-13-8-7-9-14-24)22(4)32-34(29)26-15-11-10-12-21(26)3/h7-19H,5-6,20H2,1-4H3,(H,31,35). The molecule has 2 amide bonds. The molecule has 0 saturated carbocycles. The van der Waals surface area contributed by atoms with Crippen molar-refractivity contribution in [2.75, 3.05) is 18.4 Å². The smallest absolute Gasteiger partial charge is 0.254 e. The highest BCUT2D eigenvalue weighted by Crippen LogP contribution is 2.34. The maximum atomic E-state index is 13.3. The molecule has 0 aliphatic heterocycles. The average molecular weight is 481 g/mol. The molecular formula is C30H32N4O2. The molecular weight excluding hydrogens is 448 g/mol. The SMILES string of the molecule is CCc1ccc(C(=O)N(CC)CC(=O)Nc2c(-c3ccccc3)c(C)nn2-c2ccccc2C)cc1. The van der Waals surface area contributed by atoms with Gasteiger partial charge >= 0.3 is 0 Å².